The first-order valence-corrected chi connectivity index (χ1v) is 5.06. The summed E-state index contributed by atoms with van der Waals surface area (Å²) in [5.74, 6) is -0.206. The highest BCUT2D eigenvalue weighted by Crippen LogP contribution is 2.14. The molecule has 3 aromatic heterocycles. The first-order chi connectivity index (χ1) is 8.33. The molecule has 6 heteroatoms. The molecule has 0 aliphatic rings. The van der Waals surface area contributed by atoms with E-state index in [1.54, 1.807) is 30.9 Å². The number of carbonyl (C=O) groups excluding carboxylic acids is 1. The monoisotopic (exact) mass is 227 g/mol. The van der Waals surface area contributed by atoms with Gasteiger partial charge in [-0.3, -0.25) is 14.9 Å². The molecule has 0 aromatic carbocycles. The smallest absolute Gasteiger partial charge is 0.272 e. The molecule has 0 saturated carbocycles. The van der Waals surface area contributed by atoms with Gasteiger partial charge in [0.1, 0.15) is 5.69 Å². The van der Waals surface area contributed by atoms with Crippen LogP contribution < -0.4 is 5.32 Å². The van der Waals surface area contributed by atoms with Crippen molar-refractivity contribution in [3.05, 3.63) is 42.6 Å². The van der Waals surface area contributed by atoms with E-state index >= 15 is 0 Å². The summed E-state index contributed by atoms with van der Waals surface area (Å²) in [5.41, 5.74) is 2.01. The van der Waals surface area contributed by atoms with Gasteiger partial charge in [-0.25, -0.2) is 0 Å². The minimum Gasteiger partial charge on any atom is -0.350 e. The predicted octanol–water partition coefficient (Wildman–Crippen LogP) is 1.54. The predicted molar refractivity (Wildman–Crippen MR) is 62.6 cm³/mol. The summed E-state index contributed by atoms with van der Waals surface area (Å²) in [6.45, 7) is 0. The van der Waals surface area contributed by atoms with Gasteiger partial charge in [0.15, 0.2) is 0 Å². The van der Waals surface area contributed by atoms with E-state index in [0.717, 1.165) is 10.9 Å². The number of anilines is 1. The summed E-state index contributed by atoms with van der Waals surface area (Å²) in [6, 6.07) is 3.59. The van der Waals surface area contributed by atoms with E-state index in [-0.39, 0.29) is 5.91 Å². The maximum Gasteiger partial charge on any atom is 0.272 e. The number of rotatable bonds is 2. The molecular weight excluding hydrogens is 218 g/mol. The molecule has 0 fully saturated rings. The van der Waals surface area contributed by atoms with Crippen LogP contribution in [0.3, 0.4) is 0 Å². The Morgan fingerprint density at radius 1 is 1.35 bits per heavy atom. The molecule has 3 heterocycles. The standard InChI is InChI=1S/C11H9N5O/c17-11(15-8-5-13-14-6-8)10-3-7-4-12-2-1-9(7)16-10/h1-6,16H,(H,13,14)(H,15,17). The summed E-state index contributed by atoms with van der Waals surface area (Å²) >= 11 is 0. The molecular formula is C11H9N5O. The minimum atomic E-state index is -0.206. The molecule has 0 bridgehead atoms. The van der Waals surface area contributed by atoms with E-state index < -0.39 is 0 Å². The molecule has 17 heavy (non-hydrogen) atoms. The second-order valence-corrected chi connectivity index (χ2v) is 3.59. The Morgan fingerprint density at radius 3 is 3.06 bits per heavy atom. The highest BCUT2D eigenvalue weighted by Gasteiger charge is 2.09. The first-order valence-electron chi connectivity index (χ1n) is 5.06. The number of hydrogen-bond acceptors (Lipinski definition) is 3. The molecule has 6 nitrogen and oxygen atoms in total. The van der Waals surface area contributed by atoms with Crippen molar-refractivity contribution in [3.8, 4) is 0 Å². The maximum absolute atomic E-state index is 11.9. The number of fused-ring (bicyclic) bond motifs is 1. The molecule has 0 radical (unpaired) electrons. The van der Waals surface area contributed by atoms with E-state index in [1.165, 1.54) is 0 Å². The van der Waals surface area contributed by atoms with Crippen molar-refractivity contribution in [2.24, 2.45) is 0 Å². The third kappa shape index (κ3) is 1.76. The second-order valence-electron chi connectivity index (χ2n) is 3.59. The fraction of sp³-hybridized carbons (Fsp3) is 0. The van der Waals surface area contributed by atoms with E-state index in [2.05, 4.69) is 25.5 Å². The number of aromatic amines is 2. The van der Waals surface area contributed by atoms with Crippen molar-refractivity contribution >= 4 is 22.5 Å². The number of pyridine rings is 1. The topological polar surface area (TPSA) is 86.5 Å². The van der Waals surface area contributed by atoms with Crippen molar-refractivity contribution in [1.82, 2.24) is 20.2 Å². The molecule has 0 atom stereocenters. The Kier molecular flexibility index (Phi) is 2.11. The van der Waals surface area contributed by atoms with Gasteiger partial charge in [-0.2, -0.15) is 5.10 Å². The summed E-state index contributed by atoms with van der Waals surface area (Å²) in [6.07, 6.45) is 6.54. The minimum absolute atomic E-state index is 0.206. The molecule has 0 spiro atoms. The van der Waals surface area contributed by atoms with Crippen LogP contribution in [-0.4, -0.2) is 26.1 Å². The van der Waals surface area contributed by atoms with Gasteiger partial charge in [-0.15, -0.1) is 0 Å². The molecule has 0 saturated heterocycles. The fourth-order valence-corrected chi connectivity index (χ4v) is 1.61. The zero-order valence-corrected chi connectivity index (χ0v) is 8.77. The van der Waals surface area contributed by atoms with Crippen molar-refractivity contribution < 1.29 is 4.79 Å². The lowest BCUT2D eigenvalue weighted by Gasteiger charge is -1.98. The van der Waals surface area contributed by atoms with E-state index in [1.807, 2.05) is 6.07 Å². The van der Waals surface area contributed by atoms with Crippen molar-refractivity contribution in [3.63, 3.8) is 0 Å². The molecule has 1 amide bonds. The second kappa shape index (κ2) is 3.75. The summed E-state index contributed by atoms with van der Waals surface area (Å²) in [4.78, 5) is 18.9. The molecule has 0 aliphatic carbocycles. The van der Waals surface area contributed by atoms with Crippen LogP contribution >= 0.6 is 0 Å². The quantitative estimate of drug-likeness (QED) is 0.620. The average Bonchev–Trinajstić information content (AvgIpc) is 2.96. The molecule has 0 unspecified atom stereocenters. The van der Waals surface area contributed by atoms with Gasteiger partial charge in [0, 0.05) is 29.5 Å². The van der Waals surface area contributed by atoms with Crippen LogP contribution in [0.25, 0.3) is 10.9 Å². The van der Waals surface area contributed by atoms with Gasteiger partial charge >= 0.3 is 0 Å². The molecule has 3 rings (SSSR count). The van der Waals surface area contributed by atoms with Crippen molar-refractivity contribution in [1.29, 1.82) is 0 Å². The zero-order valence-electron chi connectivity index (χ0n) is 8.77. The summed E-state index contributed by atoms with van der Waals surface area (Å²) in [7, 11) is 0. The third-order valence-electron chi connectivity index (χ3n) is 2.42. The Labute approximate surface area is 96.1 Å². The number of amides is 1. The molecule has 0 aliphatic heterocycles. The SMILES string of the molecule is O=C(Nc1cn[nH]c1)c1cc2cnccc2[nH]1. The molecule has 84 valence electrons. The van der Waals surface area contributed by atoms with Crippen LogP contribution in [0.5, 0.6) is 0 Å². The van der Waals surface area contributed by atoms with Crippen LogP contribution in [0, 0.1) is 0 Å². The lowest BCUT2D eigenvalue weighted by molar-refractivity contribution is 0.102. The highest BCUT2D eigenvalue weighted by molar-refractivity contribution is 6.05. The molecule has 3 N–H and O–H groups in total. The van der Waals surface area contributed by atoms with Gasteiger partial charge in [0.25, 0.3) is 5.91 Å². The van der Waals surface area contributed by atoms with Gasteiger partial charge in [0.05, 0.1) is 11.9 Å². The van der Waals surface area contributed by atoms with Crippen LogP contribution in [0.2, 0.25) is 0 Å². The Hall–Kier alpha value is -2.63. The number of nitrogens with zero attached hydrogens (tertiary/aromatic N) is 2. The van der Waals surface area contributed by atoms with Crippen LogP contribution in [0.4, 0.5) is 5.69 Å². The number of hydrogen-bond donors (Lipinski definition) is 3. The lowest BCUT2D eigenvalue weighted by atomic mass is 10.3. The van der Waals surface area contributed by atoms with Crippen molar-refractivity contribution in [2.75, 3.05) is 5.32 Å². The van der Waals surface area contributed by atoms with Gasteiger partial charge in [0.2, 0.25) is 0 Å². The number of carbonyl (C=O) groups is 1. The van der Waals surface area contributed by atoms with E-state index in [9.17, 15) is 4.79 Å². The normalized spacial score (nSPS) is 10.6. The van der Waals surface area contributed by atoms with Crippen LogP contribution in [-0.2, 0) is 0 Å². The summed E-state index contributed by atoms with van der Waals surface area (Å²) in [5, 5.41) is 10.0. The number of aromatic nitrogens is 4. The summed E-state index contributed by atoms with van der Waals surface area (Å²) < 4.78 is 0. The zero-order chi connectivity index (χ0) is 11.7. The fourth-order valence-electron chi connectivity index (χ4n) is 1.61. The lowest BCUT2D eigenvalue weighted by Crippen LogP contribution is -2.11. The Balaban J connectivity index is 1.90. The largest absolute Gasteiger partial charge is 0.350 e. The average molecular weight is 227 g/mol. The highest BCUT2D eigenvalue weighted by atomic mass is 16.1. The number of nitrogens with one attached hydrogen (secondary N) is 3. The van der Waals surface area contributed by atoms with E-state index in [0.29, 0.717) is 11.4 Å². The number of H-pyrrole nitrogens is 2. The van der Waals surface area contributed by atoms with Gasteiger partial charge < -0.3 is 10.3 Å². The third-order valence-corrected chi connectivity index (χ3v) is 2.42. The molecule has 3 aromatic rings. The van der Waals surface area contributed by atoms with Gasteiger partial charge in [-0.1, -0.05) is 0 Å². The van der Waals surface area contributed by atoms with Gasteiger partial charge in [-0.05, 0) is 12.1 Å². The van der Waals surface area contributed by atoms with E-state index in [4.69, 9.17) is 0 Å². The maximum atomic E-state index is 11.9. The Morgan fingerprint density at radius 2 is 2.29 bits per heavy atom. The van der Waals surface area contributed by atoms with Crippen LogP contribution in [0.15, 0.2) is 36.9 Å². The van der Waals surface area contributed by atoms with Crippen LogP contribution in [0.1, 0.15) is 10.5 Å². The first kappa shape index (κ1) is 9.59. The Bertz CT molecular complexity index is 622. The van der Waals surface area contributed by atoms with Crippen molar-refractivity contribution in [2.45, 2.75) is 0 Å².